The highest BCUT2D eigenvalue weighted by Crippen LogP contribution is 2.22. The van der Waals surface area contributed by atoms with E-state index in [1.54, 1.807) is 50.2 Å². The fourth-order valence-corrected chi connectivity index (χ4v) is 2.37. The molecular formula is C16H21FN4O2. The average Bonchev–Trinajstić information content (AvgIpc) is 2.94. The zero-order valence-electron chi connectivity index (χ0n) is 13.6. The Hall–Kier alpha value is -2.41. The molecule has 0 aliphatic carbocycles. The predicted molar refractivity (Wildman–Crippen MR) is 84.5 cm³/mol. The van der Waals surface area contributed by atoms with Crippen LogP contribution in [0.1, 0.15) is 30.1 Å². The number of hydrogen-bond donors (Lipinski definition) is 2. The molecule has 0 fully saturated rings. The van der Waals surface area contributed by atoms with E-state index < -0.39 is 11.9 Å². The maximum atomic E-state index is 13.8. The fraction of sp³-hybridized carbons (Fsp3) is 0.375. The molecule has 2 N–H and O–H groups in total. The molecule has 1 amide bonds. The summed E-state index contributed by atoms with van der Waals surface area (Å²) in [6, 6.07) is 3.78. The lowest BCUT2D eigenvalue weighted by atomic mass is 10.1. The number of likely N-dealkylation sites (N-methyl/N-ethyl adjacent to an activating group) is 1. The summed E-state index contributed by atoms with van der Waals surface area (Å²) in [6.45, 7) is 1.80. The van der Waals surface area contributed by atoms with Crippen molar-refractivity contribution in [3.05, 3.63) is 47.5 Å². The van der Waals surface area contributed by atoms with Crippen LogP contribution in [-0.2, 0) is 11.8 Å². The summed E-state index contributed by atoms with van der Waals surface area (Å²) in [6.07, 6.45) is 3.41. The molecule has 0 saturated heterocycles. The van der Waals surface area contributed by atoms with Crippen molar-refractivity contribution in [2.24, 2.45) is 7.05 Å². The first-order valence-electron chi connectivity index (χ1n) is 7.26. The Bertz CT molecular complexity index is 686. The van der Waals surface area contributed by atoms with Gasteiger partial charge in [-0.15, -0.1) is 0 Å². The molecule has 0 aliphatic rings. The van der Waals surface area contributed by atoms with Crippen molar-refractivity contribution in [3.8, 4) is 5.75 Å². The first-order chi connectivity index (χ1) is 11.0. The molecular weight excluding hydrogens is 299 g/mol. The van der Waals surface area contributed by atoms with Crippen molar-refractivity contribution >= 4 is 5.91 Å². The van der Waals surface area contributed by atoms with Gasteiger partial charge < -0.3 is 15.4 Å². The summed E-state index contributed by atoms with van der Waals surface area (Å²) >= 11 is 0. The minimum Gasteiger partial charge on any atom is -0.494 e. The van der Waals surface area contributed by atoms with Crippen molar-refractivity contribution in [2.45, 2.75) is 19.0 Å². The minimum absolute atomic E-state index is 0.177. The predicted octanol–water partition coefficient (Wildman–Crippen LogP) is 1.71. The standard InChI is InChI=1S/C16H21FN4O2/c1-10(11-5-6-14(23-4)13(17)7-11)20-16(22)15(18-2)12-8-19-21(3)9-12/h5-10,15,18H,1-4H3,(H,20,22). The van der Waals surface area contributed by atoms with Crippen LogP contribution < -0.4 is 15.4 Å². The van der Waals surface area contributed by atoms with Gasteiger partial charge in [0.05, 0.1) is 19.3 Å². The van der Waals surface area contributed by atoms with E-state index in [-0.39, 0.29) is 17.7 Å². The zero-order valence-corrected chi connectivity index (χ0v) is 13.6. The van der Waals surface area contributed by atoms with Crippen molar-refractivity contribution in [1.82, 2.24) is 20.4 Å². The van der Waals surface area contributed by atoms with E-state index >= 15 is 0 Å². The number of nitrogens with one attached hydrogen (secondary N) is 2. The van der Waals surface area contributed by atoms with Crippen LogP contribution in [0, 0.1) is 5.82 Å². The molecule has 6 nitrogen and oxygen atoms in total. The third kappa shape index (κ3) is 3.87. The summed E-state index contributed by atoms with van der Waals surface area (Å²) in [5.41, 5.74) is 1.43. The number of aryl methyl sites for hydroxylation is 1. The van der Waals surface area contributed by atoms with Crippen molar-refractivity contribution in [2.75, 3.05) is 14.2 Å². The van der Waals surface area contributed by atoms with E-state index in [0.29, 0.717) is 5.56 Å². The third-order valence-electron chi connectivity index (χ3n) is 3.64. The lowest BCUT2D eigenvalue weighted by Gasteiger charge is -2.19. The molecule has 1 aromatic heterocycles. The number of aromatic nitrogens is 2. The third-order valence-corrected chi connectivity index (χ3v) is 3.64. The first-order valence-corrected chi connectivity index (χ1v) is 7.26. The molecule has 1 aromatic carbocycles. The second kappa shape index (κ2) is 7.23. The zero-order chi connectivity index (χ0) is 17.0. The summed E-state index contributed by atoms with van der Waals surface area (Å²) in [7, 11) is 4.90. The molecule has 7 heteroatoms. The van der Waals surface area contributed by atoms with E-state index in [4.69, 9.17) is 4.74 Å². The van der Waals surface area contributed by atoms with Gasteiger partial charge in [-0.2, -0.15) is 5.10 Å². The van der Waals surface area contributed by atoms with Gasteiger partial charge in [-0.05, 0) is 31.7 Å². The number of amides is 1. The van der Waals surface area contributed by atoms with Gasteiger partial charge in [0.2, 0.25) is 5.91 Å². The van der Waals surface area contributed by atoms with Crippen LogP contribution in [-0.4, -0.2) is 29.8 Å². The van der Waals surface area contributed by atoms with Crippen LogP contribution in [0.2, 0.25) is 0 Å². The summed E-state index contributed by atoms with van der Waals surface area (Å²) < 4.78 is 20.3. The Balaban J connectivity index is 2.10. The van der Waals surface area contributed by atoms with Crippen LogP contribution >= 0.6 is 0 Å². The Kier molecular flexibility index (Phi) is 5.33. The summed E-state index contributed by atoms with van der Waals surface area (Å²) in [4.78, 5) is 12.4. The number of halogens is 1. The number of nitrogens with zero attached hydrogens (tertiary/aromatic N) is 2. The molecule has 2 rings (SSSR count). The highest BCUT2D eigenvalue weighted by atomic mass is 19.1. The van der Waals surface area contributed by atoms with Crippen LogP contribution in [0.25, 0.3) is 0 Å². The van der Waals surface area contributed by atoms with E-state index in [9.17, 15) is 9.18 Å². The highest BCUT2D eigenvalue weighted by molar-refractivity contribution is 5.83. The fourth-order valence-electron chi connectivity index (χ4n) is 2.37. The van der Waals surface area contributed by atoms with Crippen molar-refractivity contribution < 1.29 is 13.9 Å². The molecule has 2 aromatic rings. The van der Waals surface area contributed by atoms with E-state index in [0.717, 1.165) is 5.56 Å². The lowest BCUT2D eigenvalue weighted by molar-refractivity contribution is -0.123. The van der Waals surface area contributed by atoms with Crippen molar-refractivity contribution in [1.29, 1.82) is 0 Å². The molecule has 23 heavy (non-hydrogen) atoms. The SMILES string of the molecule is CNC(C(=O)NC(C)c1ccc(OC)c(F)c1)c1cnn(C)c1. The topological polar surface area (TPSA) is 68.2 Å². The monoisotopic (exact) mass is 320 g/mol. The molecule has 1 heterocycles. The summed E-state index contributed by atoms with van der Waals surface area (Å²) in [5, 5.41) is 9.90. The first kappa shape index (κ1) is 17.0. The highest BCUT2D eigenvalue weighted by Gasteiger charge is 2.22. The van der Waals surface area contributed by atoms with Gasteiger partial charge in [-0.25, -0.2) is 4.39 Å². The van der Waals surface area contributed by atoms with Crippen LogP contribution in [0.15, 0.2) is 30.6 Å². The second-order valence-corrected chi connectivity index (χ2v) is 5.29. The molecule has 0 spiro atoms. The number of hydrogen-bond acceptors (Lipinski definition) is 4. The van der Waals surface area contributed by atoms with Crippen LogP contribution in [0.4, 0.5) is 4.39 Å². The normalized spacial score (nSPS) is 13.4. The number of rotatable bonds is 6. The molecule has 0 radical (unpaired) electrons. The Morgan fingerprint density at radius 1 is 1.39 bits per heavy atom. The van der Waals surface area contributed by atoms with Crippen LogP contribution in [0.5, 0.6) is 5.75 Å². The smallest absolute Gasteiger partial charge is 0.242 e. The molecule has 0 bridgehead atoms. The number of carbonyl (C=O) groups excluding carboxylic acids is 1. The van der Waals surface area contributed by atoms with Gasteiger partial charge in [0.25, 0.3) is 0 Å². The quantitative estimate of drug-likeness (QED) is 0.850. The van der Waals surface area contributed by atoms with E-state index in [1.165, 1.54) is 13.2 Å². The van der Waals surface area contributed by atoms with Gasteiger partial charge in [0.15, 0.2) is 11.6 Å². The number of methoxy groups -OCH3 is 1. The second-order valence-electron chi connectivity index (χ2n) is 5.29. The average molecular weight is 320 g/mol. The Morgan fingerprint density at radius 3 is 2.65 bits per heavy atom. The van der Waals surface area contributed by atoms with Gasteiger partial charge in [-0.1, -0.05) is 6.07 Å². The maximum absolute atomic E-state index is 13.8. The summed E-state index contributed by atoms with van der Waals surface area (Å²) in [5.74, 6) is -0.483. The molecule has 124 valence electrons. The van der Waals surface area contributed by atoms with Crippen molar-refractivity contribution in [3.63, 3.8) is 0 Å². The van der Waals surface area contributed by atoms with E-state index in [2.05, 4.69) is 15.7 Å². The lowest BCUT2D eigenvalue weighted by Crippen LogP contribution is -2.37. The number of ether oxygens (including phenoxy) is 1. The Morgan fingerprint density at radius 2 is 2.13 bits per heavy atom. The van der Waals surface area contributed by atoms with E-state index in [1.807, 2.05) is 0 Å². The largest absolute Gasteiger partial charge is 0.494 e. The molecule has 2 unspecified atom stereocenters. The van der Waals surface area contributed by atoms with Gasteiger partial charge >= 0.3 is 0 Å². The number of carbonyl (C=O) groups is 1. The molecule has 0 saturated carbocycles. The Labute approximate surface area is 134 Å². The molecule has 0 aliphatic heterocycles. The number of benzene rings is 1. The van der Waals surface area contributed by atoms with Gasteiger partial charge in [-0.3, -0.25) is 9.48 Å². The van der Waals surface area contributed by atoms with Gasteiger partial charge in [0, 0.05) is 18.8 Å². The maximum Gasteiger partial charge on any atom is 0.242 e. The minimum atomic E-state index is -0.519. The van der Waals surface area contributed by atoms with Gasteiger partial charge in [0.1, 0.15) is 6.04 Å². The van der Waals surface area contributed by atoms with Crippen LogP contribution in [0.3, 0.4) is 0 Å². The molecule has 2 atom stereocenters.